The molecule has 0 N–H and O–H groups in total. The van der Waals surface area contributed by atoms with Crippen molar-refractivity contribution in [3.05, 3.63) is 71.9 Å². The van der Waals surface area contributed by atoms with Crippen molar-refractivity contribution in [1.29, 1.82) is 0 Å². The molecule has 0 unspecified atom stereocenters. The number of para-hydroxylation sites is 1. The van der Waals surface area contributed by atoms with Crippen LogP contribution in [0.1, 0.15) is 37.7 Å². The van der Waals surface area contributed by atoms with Crippen LogP contribution in [-0.2, 0) is 25.5 Å². The average molecular weight is 572 g/mol. The number of rotatable bonds is 1. The minimum absolute atomic E-state index is 0. The Balaban J connectivity index is 0.00000218. The summed E-state index contributed by atoms with van der Waals surface area (Å²) in [6, 6.07) is 12.7. The fraction of sp³-hybridized carbons (Fsp3) is 0.240. The molecule has 153 valence electrons. The first-order chi connectivity index (χ1) is 13.8. The summed E-state index contributed by atoms with van der Waals surface area (Å²) >= 11 is 0. The van der Waals surface area contributed by atoms with Gasteiger partial charge in [-0.1, -0.05) is 56.5 Å². The molecule has 0 aliphatic carbocycles. The van der Waals surface area contributed by atoms with Crippen molar-refractivity contribution in [2.75, 3.05) is 0 Å². The van der Waals surface area contributed by atoms with Crippen molar-refractivity contribution in [2.45, 2.75) is 40.0 Å². The van der Waals surface area contributed by atoms with E-state index < -0.39 is 0 Å². The summed E-state index contributed by atoms with van der Waals surface area (Å²) in [6.45, 7) is 10.6. The quantitative estimate of drug-likeness (QED) is 0.188. The molecule has 2 aromatic carbocycles. The predicted octanol–water partition coefficient (Wildman–Crippen LogP) is 5.83. The van der Waals surface area contributed by atoms with Gasteiger partial charge in [0.2, 0.25) is 0 Å². The minimum Gasteiger partial charge on any atom is -0.338 e. The Bertz CT molecular complexity index is 1390. The van der Waals surface area contributed by atoms with Gasteiger partial charge in [0.25, 0.3) is 0 Å². The van der Waals surface area contributed by atoms with E-state index >= 15 is 0 Å². The van der Waals surface area contributed by atoms with Crippen LogP contribution in [0.2, 0.25) is 0 Å². The first kappa shape index (κ1) is 20.6. The van der Waals surface area contributed by atoms with Gasteiger partial charge in [-0.05, 0) is 59.1 Å². The molecule has 1 radical (unpaired) electrons. The number of aromatic nitrogens is 4. The van der Waals surface area contributed by atoms with Gasteiger partial charge in [-0.2, -0.15) is 0 Å². The van der Waals surface area contributed by atoms with Gasteiger partial charge in [-0.3, -0.25) is 0 Å². The van der Waals surface area contributed by atoms with Crippen molar-refractivity contribution < 1.29 is 20.1 Å². The molecule has 0 bridgehead atoms. The normalized spacial score (nSPS) is 11.9. The van der Waals surface area contributed by atoms with E-state index in [1.54, 1.807) is 0 Å². The zero-order valence-corrected chi connectivity index (χ0v) is 20.1. The topological polar surface area (TPSA) is 43.6 Å². The Kier molecular flexibility index (Phi) is 5.00. The zero-order chi connectivity index (χ0) is 20.3. The molecular formula is C25H23IrN4-. The number of hydrogen-bond acceptors (Lipinski definition) is 3. The van der Waals surface area contributed by atoms with Crippen LogP contribution < -0.4 is 0 Å². The first-order valence-corrected chi connectivity index (χ1v) is 9.90. The van der Waals surface area contributed by atoms with E-state index in [0.29, 0.717) is 0 Å². The molecule has 0 fully saturated rings. The van der Waals surface area contributed by atoms with Gasteiger partial charge >= 0.3 is 0 Å². The maximum absolute atomic E-state index is 4.81. The van der Waals surface area contributed by atoms with Crippen LogP contribution in [0.5, 0.6) is 0 Å². The third-order valence-electron chi connectivity index (χ3n) is 5.54. The molecule has 5 aromatic rings. The third-order valence-corrected chi connectivity index (χ3v) is 5.54. The van der Waals surface area contributed by atoms with E-state index in [1.807, 2.05) is 6.20 Å². The number of nitrogens with zero attached hydrogens (tertiary/aromatic N) is 4. The van der Waals surface area contributed by atoms with Crippen molar-refractivity contribution in [3.63, 3.8) is 0 Å². The van der Waals surface area contributed by atoms with Crippen molar-refractivity contribution >= 4 is 32.7 Å². The molecule has 3 aromatic heterocycles. The Morgan fingerprint density at radius 3 is 2.37 bits per heavy atom. The second kappa shape index (κ2) is 7.26. The Labute approximate surface area is 189 Å². The predicted molar refractivity (Wildman–Crippen MR) is 119 cm³/mol. The smallest absolute Gasteiger partial charge is 0.0701 e. The van der Waals surface area contributed by atoms with Gasteiger partial charge < -0.3 is 19.5 Å². The number of fused-ring (bicyclic) bond motifs is 5. The van der Waals surface area contributed by atoms with Gasteiger partial charge in [-0.15, -0.1) is 0 Å². The third kappa shape index (κ3) is 3.13. The molecule has 0 amide bonds. The van der Waals surface area contributed by atoms with E-state index in [9.17, 15) is 0 Å². The Morgan fingerprint density at radius 2 is 1.67 bits per heavy atom. The number of aryl methyl sites for hydroxylation is 2. The van der Waals surface area contributed by atoms with Gasteiger partial charge in [0.15, 0.2) is 0 Å². The van der Waals surface area contributed by atoms with E-state index in [1.165, 1.54) is 22.2 Å². The fourth-order valence-electron chi connectivity index (χ4n) is 4.03. The van der Waals surface area contributed by atoms with E-state index in [2.05, 4.69) is 93.0 Å². The molecule has 0 atom stereocenters. The number of benzene rings is 2. The fourth-order valence-corrected chi connectivity index (χ4v) is 4.03. The van der Waals surface area contributed by atoms with Gasteiger partial charge in [0, 0.05) is 43.7 Å². The summed E-state index contributed by atoms with van der Waals surface area (Å²) < 4.78 is 2.24. The number of hydrogen-bond donors (Lipinski definition) is 0. The van der Waals surface area contributed by atoms with E-state index in [4.69, 9.17) is 9.97 Å². The summed E-state index contributed by atoms with van der Waals surface area (Å²) in [5.74, 6) is 0.798. The van der Waals surface area contributed by atoms with E-state index in [-0.39, 0.29) is 25.5 Å². The molecule has 3 heterocycles. The molecule has 0 saturated heterocycles. The Hall–Kier alpha value is -2.62. The standard InChI is InChI=1S/C25H23N4.Ir/c1-15-7-6-8-16(2)23(15)29-12-11-17-18-9-10-20-19(22(18)26-14-21(17)29)13-27-24(28-20)25(3,4)5;/h6-12,14H,1-5H3;/q-1;. The second-order valence-corrected chi connectivity index (χ2v) is 8.75. The maximum atomic E-state index is 4.81. The van der Waals surface area contributed by atoms with Gasteiger partial charge in [-0.25, -0.2) is 0 Å². The largest absolute Gasteiger partial charge is 0.338 e. The van der Waals surface area contributed by atoms with Gasteiger partial charge in [0.05, 0.1) is 11.2 Å². The van der Waals surface area contributed by atoms with Crippen LogP contribution in [0.25, 0.3) is 38.4 Å². The SMILES string of the molecule is Cc1cccc(C)c1-n1ccc2c3ccc4nc(C(C)(C)C)n[c-]c4c3ncc21.[Ir]. The van der Waals surface area contributed by atoms with Crippen LogP contribution in [-0.4, -0.2) is 19.5 Å². The van der Waals surface area contributed by atoms with Gasteiger partial charge in [0.1, 0.15) is 0 Å². The molecule has 30 heavy (non-hydrogen) atoms. The summed E-state index contributed by atoms with van der Waals surface area (Å²) in [7, 11) is 0. The molecule has 5 rings (SSSR count). The molecule has 5 heteroatoms. The summed E-state index contributed by atoms with van der Waals surface area (Å²) in [5.41, 5.74) is 6.48. The number of pyridine rings is 1. The average Bonchev–Trinajstić information content (AvgIpc) is 3.10. The first-order valence-electron chi connectivity index (χ1n) is 9.90. The molecule has 0 spiro atoms. The van der Waals surface area contributed by atoms with Crippen LogP contribution in [0.3, 0.4) is 0 Å². The molecule has 0 aliphatic heterocycles. The van der Waals surface area contributed by atoms with Crippen molar-refractivity contribution in [2.24, 2.45) is 0 Å². The van der Waals surface area contributed by atoms with Crippen molar-refractivity contribution in [3.8, 4) is 5.69 Å². The maximum Gasteiger partial charge on any atom is 0.0701 e. The van der Waals surface area contributed by atoms with Crippen LogP contribution >= 0.6 is 0 Å². The molecule has 0 saturated carbocycles. The zero-order valence-electron chi connectivity index (χ0n) is 17.7. The minimum atomic E-state index is -0.111. The van der Waals surface area contributed by atoms with Crippen LogP contribution in [0, 0.1) is 20.0 Å². The monoisotopic (exact) mass is 572 g/mol. The summed E-state index contributed by atoms with van der Waals surface area (Å²) in [4.78, 5) is 14.1. The van der Waals surface area contributed by atoms with Crippen molar-refractivity contribution in [1.82, 2.24) is 19.5 Å². The van der Waals surface area contributed by atoms with Crippen LogP contribution in [0.4, 0.5) is 0 Å². The molecule has 0 aliphatic rings. The summed E-state index contributed by atoms with van der Waals surface area (Å²) in [6.07, 6.45) is 7.29. The second-order valence-electron chi connectivity index (χ2n) is 8.75. The van der Waals surface area contributed by atoms with Crippen LogP contribution in [0.15, 0.2) is 48.8 Å². The van der Waals surface area contributed by atoms with E-state index in [0.717, 1.165) is 33.1 Å². The Morgan fingerprint density at radius 1 is 0.933 bits per heavy atom. The summed E-state index contributed by atoms with van der Waals surface area (Å²) in [5, 5.41) is 3.15. The molecular weight excluding hydrogens is 549 g/mol. The molecule has 4 nitrogen and oxygen atoms in total.